The summed E-state index contributed by atoms with van der Waals surface area (Å²) in [5.74, 6) is -0.861. The van der Waals surface area contributed by atoms with E-state index in [2.05, 4.69) is 5.32 Å². The number of hydrogen-bond acceptors (Lipinski definition) is 4. The lowest BCUT2D eigenvalue weighted by Gasteiger charge is -2.49. The number of hydrogen-bond donors (Lipinski definition) is 2. The second-order valence-corrected chi connectivity index (χ2v) is 5.72. The number of ether oxygens (including phenoxy) is 1. The molecule has 0 atom stereocenters. The summed E-state index contributed by atoms with van der Waals surface area (Å²) in [6.45, 7) is 8.76. The van der Waals surface area contributed by atoms with E-state index in [1.165, 1.54) is 4.90 Å². The number of carbonyl (C=O) groups excluding carboxylic acids is 1. The lowest BCUT2D eigenvalue weighted by molar-refractivity contribution is -0.141. The van der Waals surface area contributed by atoms with Crippen molar-refractivity contribution < 1.29 is 19.4 Å². The van der Waals surface area contributed by atoms with E-state index < -0.39 is 17.1 Å². The van der Waals surface area contributed by atoms with Gasteiger partial charge in [0.1, 0.15) is 5.60 Å². The minimum absolute atomic E-state index is 0.0140. The molecule has 0 radical (unpaired) electrons. The van der Waals surface area contributed by atoms with Gasteiger partial charge in [0.25, 0.3) is 0 Å². The van der Waals surface area contributed by atoms with Crippen molar-refractivity contribution in [1.29, 1.82) is 0 Å². The fourth-order valence-electron chi connectivity index (χ4n) is 2.09. The first-order valence-corrected chi connectivity index (χ1v) is 6.12. The van der Waals surface area contributed by atoms with Gasteiger partial charge < -0.3 is 20.1 Å². The minimum Gasteiger partial charge on any atom is -0.481 e. The molecular weight excluding hydrogens is 236 g/mol. The fraction of sp³-hybridized carbons (Fsp3) is 0.833. The van der Waals surface area contributed by atoms with Gasteiger partial charge >= 0.3 is 12.1 Å². The minimum atomic E-state index is -0.861. The average molecular weight is 258 g/mol. The molecule has 0 saturated carbocycles. The van der Waals surface area contributed by atoms with Gasteiger partial charge in [-0.05, 0) is 27.3 Å². The first-order chi connectivity index (χ1) is 8.17. The van der Waals surface area contributed by atoms with Crippen molar-refractivity contribution in [2.75, 3.05) is 19.6 Å². The second kappa shape index (κ2) is 5.14. The Morgan fingerprint density at radius 2 is 1.94 bits per heavy atom. The van der Waals surface area contributed by atoms with Crippen LogP contribution in [0.3, 0.4) is 0 Å². The Balaban J connectivity index is 2.53. The van der Waals surface area contributed by atoms with Crippen LogP contribution < -0.4 is 5.32 Å². The number of likely N-dealkylation sites (N-methyl/N-ethyl adjacent to an activating group) is 1. The Hall–Kier alpha value is -1.30. The van der Waals surface area contributed by atoms with Crippen molar-refractivity contribution in [3.05, 3.63) is 0 Å². The van der Waals surface area contributed by atoms with E-state index in [9.17, 15) is 9.59 Å². The summed E-state index contributed by atoms with van der Waals surface area (Å²) in [5.41, 5.74) is -1.03. The third kappa shape index (κ3) is 3.87. The zero-order valence-corrected chi connectivity index (χ0v) is 11.4. The summed E-state index contributed by atoms with van der Waals surface area (Å²) in [6.07, 6.45) is -0.374. The molecule has 6 heteroatoms. The SMILES string of the molecule is CCNC1(CC(=O)O)CN(C(=O)OC(C)(C)C)C1. The predicted octanol–water partition coefficient (Wildman–Crippen LogP) is 1.06. The molecule has 0 unspecified atom stereocenters. The average Bonchev–Trinajstić information content (AvgIpc) is 2.09. The zero-order valence-electron chi connectivity index (χ0n) is 11.4. The zero-order chi connectivity index (χ0) is 14.0. The highest BCUT2D eigenvalue weighted by molar-refractivity contribution is 5.73. The number of carbonyl (C=O) groups is 2. The predicted molar refractivity (Wildman–Crippen MR) is 66.5 cm³/mol. The second-order valence-electron chi connectivity index (χ2n) is 5.72. The van der Waals surface area contributed by atoms with Gasteiger partial charge in [0.2, 0.25) is 0 Å². The van der Waals surface area contributed by atoms with Crippen LogP contribution in [0.25, 0.3) is 0 Å². The molecule has 0 bridgehead atoms. The Kier molecular flexibility index (Phi) is 4.21. The number of carboxylic acid groups (broad SMARTS) is 1. The Bertz CT molecular complexity index is 329. The molecule has 6 nitrogen and oxygen atoms in total. The summed E-state index contributed by atoms with van der Waals surface area (Å²) >= 11 is 0. The highest BCUT2D eigenvalue weighted by atomic mass is 16.6. The molecule has 0 aromatic heterocycles. The summed E-state index contributed by atoms with van der Waals surface area (Å²) in [6, 6.07) is 0. The highest BCUT2D eigenvalue weighted by Crippen LogP contribution is 2.26. The van der Waals surface area contributed by atoms with Gasteiger partial charge in [-0.25, -0.2) is 4.79 Å². The van der Waals surface area contributed by atoms with Crippen molar-refractivity contribution >= 4 is 12.1 Å². The van der Waals surface area contributed by atoms with Crippen molar-refractivity contribution in [3.8, 4) is 0 Å². The van der Waals surface area contributed by atoms with Gasteiger partial charge in [0.15, 0.2) is 0 Å². The molecule has 104 valence electrons. The van der Waals surface area contributed by atoms with Crippen LogP contribution in [0.15, 0.2) is 0 Å². The smallest absolute Gasteiger partial charge is 0.410 e. The molecule has 0 spiro atoms. The van der Waals surface area contributed by atoms with Gasteiger partial charge in [0.05, 0.1) is 12.0 Å². The quantitative estimate of drug-likeness (QED) is 0.788. The van der Waals surface area contributed by atoms with E-state index >= 15 is 0 Å². The van der Waals surface area contributed by atoms with Crippen molar-refractivity contribution in [2.45, 2.75) is 45.3 Å². The van der Waals surface area contributed by atoms with Gasteiger partial charge in [0, 0.05) is 13.1 Å². The monoisotopic (exact) mass is 258 g/mol. The number of aliphatic carboxylic acids is 1. The molecule has 1 saturated heterocycles. The van der Waals surface area contributed by atoms with Gasteiger partial charge in [-0.3, -0.25) is 4.79 Å². The molecule has 1 fully saturated rings. The number of likely N-dealkylation sites (tertiary alicyclic amines) is 1. The molecule has 1 aliphatic heterocycles. The third-order valence-corrected chi connectivity index (χ3v) is 2.68. The molecule has 1 aliphatic rings. The topological polar surface area (TPSA) is 78.9 Å². The van der Waals surface area contributed by atoms with Gasteiger partial charge in [-0.2, -0.15) is 0 Å². The van der Waals surface area contributed by atoms with Crippen molar-refractivity contribution in [2.24, 2.45) is 0 Å². The molecule has 18 heavy (non-hydrogen) atoms. The lowest BCUT2D eigenvalue weighted by atomic mass is 9.86. The van der Waals surface area contributed by atoms with Crippen LogP contribution in [-0.4, -0.2) is 52.8 Å². The number of rotatable bonds is 4. The molecule has 0 aromatic rings. The van der Waals surface area contributed by atoms with E-state index in [1.54, 1.807) is 20.8 Å². The van der Waals surface area contributed by atoms with Crippen LogP contribution in [-0.2, 0) is 9.53 Å². The maximum Gasteiger partial charge on any atom is 0.410 e. The number of nitrogens with zero attached hydrogens (tertiary/aromatic N) is 1. The molecule has 1 heterocycles. The maximum atomic E-state index is 11.7. The molecule has 2 N–H and O–H groups in total. The van der Waals surface area contributed by atoms with Gasteiger partial charge in [-0.1, -0.05) is 6.92 Å². The summed E-state index contributed by atoms with van der Waals surface area (Å²) in [4.78, 5) is 24.1. The van der Waals surface area contributed by atoms with E-state index in [4.69, 9.17) is 9.84 Å². The number of amides is 1. The third-order valence-electron chi connectivity index (χ3n) is 2.68. The van der Waals surface area contributed by atoms with E-state index in [0.717, 1.165) is 0 Å². The summed E-state index contributed by atoms with van der Waals surface area (Å²) in [5, 5.41) is 12.0. The van der Waals surface area contributed by atoms with E-state index in [0.29, 0.717) is 19.6 Å². The van der Waals surface area contributed by atoms with Crippen LogP contribution in [0.2, 0.25) is 0 Å². The van der Waals surface area contributed by atoms with Crippen LogP contribution >= 0.6 is 0 Å². The molecule has 0 aliphatic carbocycles. The first kappa shape index (κ1) is 14.8. The summed E-state index contributed by atoms with van der Waals surface area (Å²) in [7, 11) is 0. The fourth-order valence-corrected chi connectivity index (χ4v) is 2.09. The van der Waals surface area contributed by atoms with Crippen LogP contribution in [0.5, 0.6) is 0 Å². The Morgan fingerprint density at radius 1 is 1.39 bits per heavy atom. The molecule has 1 rings (SSSR count). The van der Waals surface area contributed by atoms with Crippen LogP contribution in [0.4, 0.5) is 4.79 Å². The van der Waals surface area contributed by atoms with E-state index in [1.807, 2.05) is 6.92 Å². The largest absolute Gasteiger partial charge is 0.481 e. The van der Waals surface area contributed by atoms with Gasteiger partial charge in [-0.15, -0.1) is 0 Å². The normalized spacial score (nSPS) is 18.1. The number of carboxylic acids is 1. The first-order valence-electron chi connectivity index (χ1n) is 6.12. The van der Waals surface area contributed by atoms with E-state index in [-0.39, 0.29) is 12.5 Å². The maximum absolute atomic E-state index is 11.7. The highest BCUT2D eigenvalue weighted by Gasteiger charge is 2.47. The Morgan fingerprint density at radius 3 is 2.33 bits per heavy atom. The van der Waals surface area contributed by atoms with Crippen LogP contribution in [0.1, 0.15) is 34.1 Å². The Labute approximate surface area is 107 Å². The van der Waals surface area contributed by atoms with Crippen molar-refractivity contribution in [3.63, 3.8) is 0 Å². The van der Waals surface area contributed by atoms with Crippen LogP contribution in [0, 0.1) is 0 Å². The molecule has 0 aromatic carbocycles. The molecule has 1 amide bonds. The van der Waals surface area contributed by atoms with Crippen molar-refractivity contribution in [1.82, 2.24) is 10.2 Å². The summed E-state index contributed by atoms with van der Waals surface area (Å²) < 4.78 is 5.23. The molecular formula is C12H22N2O4. The standard InChI is InChI=1S/C12H22N2O4/c1-5-13-12(6-9(15)16)7-14(8-12)10(17)18-11(2,3)4/h13H,5-8H2,1-4H3,(H,15,16). The number of nitrogens with one attached hydrogen (secondary N) is 1. The lowest BCUT2D eigenvalue weighted by Crippen LogP contribution is -2.71.